The second kappa shape index (κ2) is 19.4. The normalized spacial score (nSPS) is 11.7. The molecule has 0 radical (unpaired) electrons. The second-order valence-corrected chi connectivity index (χ2v) is 13.5. The molecule has 0 saturated carbocycles. The van der Waals surface area contributed by atoms with Crippen molar-refractivity contribution in [3.8, 4) is 0 Å². The molecule has 0 amide bonds. The predicted octanol–water partition coefficient (Wildman–Crippen LogP) is 15.7. The number of hydrogen-bond donors (Lipinski definition) is 0. The van der Waals surface area contributed by atoms with E-state index in [9.17, 15) is 0 Å². The van der Waals surface area contributed by atoms with Gasteiger partial charge in [-0.05, 0) is 161 Å². The van der Waals surface area contributed by atoms with Gasteiger partial charge in [0.1, 0.15) is 0 Å². The number of rotatable bonds is 10. The summed E-state index contributed by atoms with van der Waals surface area (Å²) >= 11 is 0. The van der Waals surface area contributed by atoms with E-state index in [-0.39, 0.29) is 0 Å². The van der Waals surface area contributed by atoms with Gasteiger partial charge in [-0.15, -0.1) is 0 Å². The third kappa shape index (κ3) is 11.8. The molecule has 0 N–H and O–H groups in total. The Morgan fingerprint density at radius 3 is 1.02 bits per heavy atom. The van der Waals surface area contributed by atoms with Crippen LogP contribution in [0.4, 0.5) is 56.9 Å². The Morgan fingerprint density at radius 1 is 0.321 bits per heavy atom. The van der Waals surface area contributed by atoms with E-state index in [1.807, 2.05) is 169 Å². The largest absolute Gasteiger partial charge is 0.378 e. The first-order chi connectivity index (χ1) is 27.0. The summed E-state index contributed by atoms with van der Waals surface area (Å²) in [6, 6.07) is 39.2. The van der Waals surface area contributed by atoms with E-state index in [4.69, 9.17) is 0 Å². The predicted molar refractivity (Wildman–Crippen MR) is 229 cm³/mol. The topological polar surface area (TPSA) is 127 Å². The van der Waals surface area contributed by atoms with Gasteiger partial charge in [0, 0.05) is 26.8 Å². The van der Waals surface area contributed by atoms with E-state index in [0.29, 0.717) is 0 Å². The molecule has 11 heteroatoms. The summed E-state index contributed by atoms with van der Waals surface area (Å²) in [5, 5.41) is 42.9. The van der Waals surface area contributed by atoms with Gasteiger partial charge >= 0.3 is 0 Å². The van der Waals surface area contributed by atoms with Crippen molar-refractivity contribution < 1.29 is 0 Å². The lowest BCUT2D eigenvalue weighted by Crippen LogP contribution is -2.07. The van der Waals surface area contributed by atoms with Crippen molar-refractivity contribution in [2.75, 3.05) is 26.0 Å². The quantitative estimate of drug-likeness (QED) is 0.127. The van der Waals surface area contributed by atoms with Crippen molar-refractivity contribution in [1.82, 2.24) is 0 Å². The summed E-state index contributed by atoms with van der Waals surface area (Å²) < 4.78 is 0. The van der Waals surface area contributed by atoms with Crippen LogP contribution in [0.2, 0.25) is 0 Å². The molecule has 6 rings (SSSR count). The fraction of sp³-hybridized carbons (Fsp3) is 0.200. The monoisotopic (exact) mass is 741 g/mol. The zero-order valence-electron chi connectivity index (χ0n) is 33.5. The molecule has 56 heavy (non-hydrogen) atoms. The van der Waals surface area contributed by atoms with Crippen LogP contribution in [0.5, 0.6) is 0 Å². The Balaban J connectivity index is 0.000000427. The standard InChI is InChI=1S/C36H34N8.C9H13N3/c1-23-7-10-29(11-8-23)37-41-34-16-12-31(20-26(34)4)39-43-36-18-14-32(22-28(36)6)40-44-35-17-13-30(21-27(35)5)38-42-33-15-9-24(2)19-25(33)3;1-10-11-8-4-6-9(7-5-8)12(2)3/h7-22H,1-6H3;4-7H,1-3H3. The van der Waals surface area contributed by atoms with Gasteiger partial charge in [-0.25, -0.2) is 0 Å². The number of nitrogens with zero attached hydrogens (tertiary/aromatic N) is 11. The second-order valence-electron chi connectivity index (χ2n) is 13.5. The lowest BCUT2D eigenvalue weighted by molar-refractivity contribution is 1.12. The minimum atomic E-state index is 0.735. The molecular weight excluding hydrogens is 695 g/mol. The van der Waals surface area contributed by atoms with Crippen LogP contribution in [0.25, 0.3) is 0 Å². The van der Waals surface area contributed by atoms with Gasteiger partial charge < -0.3 is 4.90 Å². The van der Waals surface area contributed by atoms with Crippen molar-refractivity contribution in [1.29, 1.82) is 0 Å². The highest BCUT2D eigenvalue weighted by Crippen LogP contribution is 2.32. The maximum Gasteiger partial charge on any atom is 0.0887 e. The molecule has 0 unspecified atom stereocenters. The molecule has 0 atom stereocenters. The zero-order valence-corrected chi connectivity index (χ0v) is 33.5. The van der Waals surface area contributed by atoms with Crippen molar-refractivity contribution in [3.05, 3.63) is 155 Å². The van der Waals surface area contributed by atoms with E-state index in [1.54, 1.807) is 7.05 Å². The van der Waals surface area contributed by atoms with Gasteiger partial charge in [-0.1, -0.05) is 35.4 Å². The van der Waals surface area contributed by atoms with Crippen LogP contribution >= 0.6 is 0 Å². The number of hydrogen-bond acceptors (Lipinski definition) is 11. The molecule has 0 aliphatic carbocycles. The average Bonchev–Trinajstić information content (AvgIpc) is 3.18. The Morgan fingerprint density at radius 2 is 0.643 bits per heavy atom. The first-order valence-corrected chi connectivity index (χ1v) is 18.2. The molecule has 6 aromatic rings. The Labute approximate surface area is 329 Å². The smallest absolute Gasteiger partial charge is 0.0887 e. The van der Waals surface area contributed by atoms with Crippen LogP contribution in [0.1, 0.15) is 33.4 Å². The molecule has 0 aliphatic heterocycles. The summed E-state index contributed by atoms with van der Waals surface area (Å²) in [7, 11) is 5.69. The summed E-state index contributed by atoms with van der Waals surface area (Å²) in [4.78, 5) is 2.05. The molecule has 282 valence electrons. The Bertz CT molecular complexity index is 2410. The first-order valence-electron chi connectivity index (χ1n) is 18.2. The van der Waals surface area contributed by atoms with E-state index in [2.05, 4.69) is 64.1 Å². The molecular formula is C45H47N11. The van der Waals surface area contributed by atoms with Crippen LogP contribution in [0.3, 0.4) is 0 Å². The van der Waals surface area contributed by atoms with Crippen molar-refractivity contribution in [2.24, 2.45) is 51.1 Å². The number of anilines is 1. The Kier molecular flexibility index (Phi) is 14.0. The third-order valence-electron chi connectivity index (χ3n) is 8.60. The highest BCUT2D eigenvalue weighted by atomic mass is 15.1. The van der Waals surface area contributed by atoms with Crippen molar-refractivity contribution in [3.63, 3.8) is 0 Å². The van der Waals surface area contributed by atoms with Crippen LogP contribution < -0.4 is 4.90 Å². The molecule has 0 aliphatic rings. The first kappa shape index (κ1) is 40.3. The summed E-state index contributed by atoms with van der Waals surface area (Å²) in [5.41, 5.74) is 14.7. The molecule has 0 bridgehead atoms. The maximum absolute atomic E-state index is 4.46. The van der Waals surface area contributed by atoms with E-state index in [1.165, 1.54) is 16.8 Å². The lowest BCUT2D eigenvalue weighted by Gasteiger charge is -2.11. The number of aryl methyl sites for hydroxylation is 6. The zero-order chi connectivity index (χ0) is 40.0. The van der Waals surface area contributed by atoms with Gasteiger partial charge in [0.2, 0.25) is 0 Å². The fourth-order valence-corrected chi connectivity index (χ4v) is 5.35. The molecule has 11 nitrogen and oxygen atoms in total. The van der Waals surface area contributed by atoms with E-state index < -0.39 is 0 Å². The van der Waals surface area contributed by atoms with Gasteiger partial charge in [0.05, 0.1) is 51.2 Å². The van der Waals surface area contributed by atoms with Crippen LogP contribution in [0, 0.1) is 41.5 Å². The van der Waals surface area contributed by atoms with Gasteiger partial charge in [-0.2, -0.15) is 51.1 Å². The van der Waals surface area contributed by atoms with Crippen LogP contribution in [0.15, 0.2) is 172 Å². The van der Waals surface area contributed by atoms with Crippen LogP contribution in [-0.4, -0.2) is 21.1 Å². The fourth-order valence-electron chi connectivity index (χ4n) is 5.35. The maximum atomic E-state index is 4.46. The molecule has 0 fully saturated rings. The van der Waals surface area contributed by atoms with Crippen LogP contribution in [-0.2, 0) is 0 Å². The van der Waals surface area contributed by atoms with E-state index >= 15 is 0 Å². The minimum Gasteiger partial charge on any atom is -0.378 e. The van der Waals surface area contributed by atoms with Gasteiger partial charge in [0.15, 0.2) is 0 Å². The SMILES string of the molecule is CN=Nc1ccc(N(C)C)cc1.Cc1ccc(N=Nc2ccc(N=Nc3ccc(N=Nc4ccc(N=Nc5ccc(C)cc5C)cc4C)cc3C)cc2C)cc1. The van der Waals surface area contributed by atoms with E-state index in [0.717, 1.165) is 73.4 Å². The van der Waals surface area contributed by atoms with Gasteiger partial charge in [-0.3, -0.25) is 0 Å². The van der Waals surface area contributed by atoms with Crippen molar-refractivity contribution >= 4 is 56.9 Å². The molecule has 0 aromatic heterocycles. The highest BCUT2D eigenvalue weighted by Gasteiger charge is 2.04. The molecule has 0 heterocycles. The number of azo groups is 5. The summed E-state index contributed by atoms with van der Waals surface area (Å²) in [6.07, 6.45) is 0. The molecule has 0 saturated heterocycles. The highest BCUT2D eigenvalue weighted by molar-refractivity contribution is 5.58. The molecule has 0 spiro atoms. The third-order valence-corrected chi connectivity index (χ3v) is 8.60. The van der Waals surface area contributed by atoms with Gasteiger partial charge in [0.25, 0.3) is 0 Å². The summed E-state index contributed by atoms with van der Waals surface area (Å²) in [6.45, 7) is 12.1. The van der Waals surface area contributed by atoms with Crippen molar-refractivity contribution in [2.45, 2.75) is 41.5 Å². The summed E-state index contributed by atoms with van der Waals surface area (Å²) in [5.74, 6) is 0. The number of benzene rings is 6. The lowest BCUT2D eigenvalue weighted by atomic mass is 10.1. The minimum absolute atomic E-state index is 0.735. The average molecular weight is 742 g/mol. The molecule has 6 aromatic carbocycles. The Hall–Kier alpha value is -6.88.